The second-order valence-electron chi connectivity index (χ2n) is 11.2. The lowest BCUT2D eigenvalue weighted by Gasteiger charge is -2.42. The second kappa shape index (κ2) is 10.6. The van der Waals surface area contributed by atoms with Gasteiger partial charge >= 0.3 is 0 Å². The molecule has 0 bridgehead atoms. The van der Waals surface area contributed by atoms with Crippen molar-refractivity contribution < 1.29 is 18.7 Å². The maximum Gasteiger partial charge on any atom is 0.241 e. The number of piperazine rings is 1. The van der Waals surface area contributed by atoms with Gasteiger partial charge in [0.25, 0.3) is 0 Å². The molecule has 202 valence electrons. The quantitative estimate of drug-likeness (QED) is 0.607. The first-order valence-corrected chi connectivity index (χ1v) is 13.1. The van der Waals surface area contributed by atoms with Crippen LogP contribution in [0.2, 0.25) is 0 Å². The number of hydrogen-bond donors (Lipinski definition) is 2. The van der Waals surface area contributed by atoms with E-state index >= 15 is 0 Å². The first-order valence-electron chi connectivity index (χ1n) is 13.1. The van der Waals surface area contributed by atoms with E-state index in [0.29, 0.717) is 30.9 Å². The van der Waals surface area contributed by atoms with Gasteiger partial charge in [-0.15, -0.1) is 0 Å². The fourth-order valence-corrected chi connectivity index (χ4v) is 5.58. The van der Waals surface area contributed by atoms with E-state index in [2.05, 4.69) is 36.0 Å². The normalized spacial score (nSPS) is 24.6. The Morgan fingerprint density at radius 1 is 1.24 bits per heavy atom. The molecule has 1 amide bonds. The van der Waals surface area contributed by atoms with Crippen LogP contribution in [0.1, 0.15) is 37.6 Å². The predicted octanol–water partition coefficient (Wildman–Crippen LogP) is 2.94. The van der Waals surface area contributed by atoms with Gasteiger partial charge in [-0.25, -0.2) is 8.78 Å². The zero-order valence-corrected chi connectivity index (χ0v) is 22.1. The van der Waals surface area contributed by atoms with E-state index in [0.717, 1.165) is 23.9 Å². The summed E-state index contributed by atoms with van der Waals surface area (Å²) in [5, 5.41) is 13.8. The molecule has 3 aliphatic rings. The van der Waals surface area contributed by atoms with Crippen LogP contribution >= 0.6 is 0 Å². The molecule has 9 heteroatoms. The van der Waals surface area contributed by atoms with Gasteiger partial charge in [0.1, 0.15) is 17.9 Å². The highest BCUT2D eigenvalue weighted by Gasteiger charge is 2.40. The van der Waals surface area contributed by atoms with Crippen LogP contribution in [-0.4, -0.2) is 76.8 Å². The van der Waals surface area contributed by atoms with Crippen LogP contribution < -0.4 is 10.2 Å². The van der Waals surface area contributed by atoms with Gasteiger partial charge in [0, 0.05) is 79.8 Å². The van der Waals surface area contributed by atoms with Crippen LogP contribution in [-0.2, 0) is 16.6 Å². The van der Waals surface area contributed by atoms with Crippen molar-refractivity contribution in [2.75, 3.05) is 37.6 Å². The van der Waals surface area contributed by atoms with Crippen molar-refractivity contribution in [3.05, 3.63) is 83.3 Å². The van der Waals surface area contributed by atoms with E-state index in [1.165, 1.54) is 12.1 Å². The van der Waals surface area contributed by atoms with Crippen molar-refractivity contribution in [1.82, 2.24) is 20.1 Å². The summed E-state index contributed by atoms with van der Waals surface area (Å²) < 4.78 is 27.6. The molecule has 1 fully saturated rings. The van der Waals surface area contributed by atoms with Crippen molar-refractivity contribution in [3.63, 3.8) is 0 Å². The van der Waals surface area contributed by atoms with E-state index in [4.69, 9.17) is 0 Å². The van der Waals surface area contributed by atoms with Crippen molar-refractivity contribution in [2.45, 2.75) is 50.9 Å². The molecule has 0 saturated carbocycles. The number of aliphatic hydroxyl groups excluding tert-OH is 1. The van der Waals surface area contributed by atoms with Gasteiger partial charge in [0.05, 0.1) is 12.2 Å². The number of amides is 1. The van der Waals surface area contributed by atoms with Gasteiger partial charge in [0.15, 0.2) is 0 Å². The number of nitrogens with zero attached hydrogens (tertiary/aromatic N) is 4. The number of aliphatic hydroxyl groups is 1. The van der Waals surface area contributed by atoms with Crippen LogP contribution in [0.3, 0.4) is 0 Å². The number of carbonyl (C=O) groups is 1. The first-order chi connectivity index (χ1) is 18.1. The van der Waals surface area contributed by atoms with E-state index in [-0.39, 0.29) is 36.4 Å². The molecule has 1 aromatic carbocycles. The summed E-state index contributed by atoms with van der Waals surface area (Å²) in [6.07, 6.45) is 8.64. The summed E-state index contributed by atoms with van der Waals surface area (Å²) in [5.74, 6) is -1.23. The molecule has 1 saturated heterocycles. The number of carbonyl (C=O) groups excluding carboxylic acids is 1. The molecule has 0 radical (unpaired) electrons. The molecule has 2 N–H and O–H groups in total. The third-order valence-corrected chi connectivity index (χ3v) is 7.70. The van der Waals surface area contributed by atoms with Crippen LogP contribution in [0.5, 0.6) is 0 Å². The molecule has 5 rings (SSSR count). The number of halogens is 2. The Bertz CT molecular complexity index is 1260. The SMILES string of the molecule is C[C@@H]1CN(CC(=O)N2CC(C)(C)c3cnc(Cc4ccc(F)cc4F)cc32)[C@@H](CN2C=CC=CC2O)CN1. The van der Waals surface area contributed by atoms with Gasteiger partial charge < -0.3 is 20.2 Å². The Balaban J connectivity index is 1.35. The summed E-state index contributed by atoms with van der Waals surface area (Å²) in [4.78, 5) is 24.2. The molecule has 7 nitrogen and oxygen atoms in total. The van der Waals surface area contributed by atoms with E-state index in [1.54, 1.807) is 12.3 Å². The van der Waals surface area contributed by atoms with Gasteiger partial charge in [-0.3, -0.25) is 14.7 Å². The van der Waals surface area contributed by atoms with Crippen molar-refractivity contribution in [3.8, 4) is 0 Å². The lowest BCUT2D eigenvalue weighted by Crippen LogP contribution is -2.61. The zero-order valence-electron chi connectivity index (χ0n) is 22.1. The smallest absolute Gasteiger partial charge is 0.241 e. The standard InChI is InChI=1S/C29H35F2N5O2/c1-19-15-35(23(13-32-19)16-34-9-5-4-6-27(34)37)17-28(38)36-18-29(2,3)24-14-33-22(12-26(24)36)10-20-7-8-21(30)11-25(20)31/h4-9,11-12,14,19,23,27,32,37H,10,13,15-18H2,1-3H3/t19-,23-,27?/m1/s1. The monoisotopic (exact) mass is 523 g/mol. The number of pyridine rings is 1. The molecule has 1 unspecified atom stereocenters. The van der Waals surface area contributed by atoms with Crippen molar-refractivity contribution >= 4 is 11.6 Å². The third kappa shape index (κ3) is 5.50. The van der Waals surface area contributed by atoms with Crippen LogP contribution in [0.15, 0.2) is 54.9 Å². The summed E-state index contributed by atoms with van der Waals surface area (Å²) in [5.41, 5.74) is 2.48. The topological polar surface area (TPSA) is 71.9 Å². The van der Waals surface area contributed by atoms with Gasteiger partial charge in [-0.1, -0.05) is 26.0 Å². The molecular weight excluding hydrogens is 488 g/mol. The fourth-order valence-electron chi connectivity index (χ4n) is 5.58. The zero-order chi connectivity index (χ0) is 27.0. The summed E-state index contributed by atoms with van der Waals surface area (Å²) in [6.45, 7) is 9.09. The summed E-state index contributed by atoms with van der Waals surface area (Å²) >= 11 is 0. The second-order valence-corrected chi connectivity index (χ2v) is 11.2. The number of allylic oxidation sites excluding steroid dienone is 2. The predicted molar refractivity (Wildman–Crippen MR) is 143 cm³/mol. The van der Waals surface area contributed by atoms with Crippen molar-refractivity contribution in [1.29, 1.82) is 0 Å². The van der Waals surface area contributed by atoms with Crippen LogP contribution in [0.4, 0.5) is 14.5 Å². The highest BCUT2D eigenvalue weighted by atomic mass is 19.1. The molecule has 0 spiro atoms. The number of anilines is 1. The van der Waals surface area contributed by atoms with Crippen molar-refractivity contribution in [2.24, 2.45) is 0 Å². The molecule has 1 aromatic heterocycles. The van der Waals surface area contributed by atoms with Gasteiger partial charge in [-0.05, 0) is 36.8 Å². The molecule has 2 aromatic rings. The lowest BCUT2D eigenvalue weighted by atomic mass is 9.88. The van der Waals surface area contributed by atoms with E-state index in [9.17, 15) is 18.7 Å². The van der Waals surface area contributed by atoms with E-state index in [1.807, 2.05) is 34.2 Å². The van der Waals surface area contributed by atoms with E-state index < -0.39 is 17.9 Å². The number of benzene rings is 1. The highest BCUT2D eigenvalue weighted by Crippen LogP contribution is 2.40. The Morgan fingerprint density at radius 2 is 2.05 bits per heavy atom. The Hall–Kier alpha value is -3.14. The number of hydrogen-bond acceptors (Lipinski definition) is 6. The fraction of sp³-hybridized carbons (Fsp3) is 0.448. The first kappa shape index (κ1) is 26.5. The largest absolute Gasteiger partial charge is 0.370 e. The molecule has 3 atom stereocenters. The third-order valence-electron chi connectivity index (χ3n) is 7.70. The molecular formula is C29H35F2N5O2. The summed E-state index contributed by atoms with van der Waals surface area (Å²) in [7, 11) is 0. The van der Waals surface area contributed by atoms with Crippen LogP contribution in [0, 0.1) is 11.6 Å². The Labute approximate surface area is 222 Å². The minimum Gasteiger partial charge on any atom is -0.370 e. The number of rotatable bonds is 6. The average molecular weight is 524 g/mol. The number of fused-ring (bicyclic) bond motifs is 1. The molecule has 3 aliphatic heterocycles. The molecule has 38 heavy (non-hydrogen) atoms. The maximum atomic E-state index is 14.3. The Kier molecular flexibility index (Phi) is 7.35. The van der Waals surface area contributed by atoms with Crippen LogP contribution in [0.25, 0.3) is 0 Å². The lowest BCUT2D eigenvalue weighted by molar-refractivity contribution is -0.120. The van der Waals surface area contributed by atoms with Gasteiger partial charge in [-0.2, -0.15) is 0 Å². The minimum absolute atomic E-state index is 0.00401. The number of aromatic nitrogens is 1. The number of nitrogens with one attached hydrogen (secondary N) is 1. The minimum atomic E-state index is -0.681. The van der Waals surface area contributed by atoms with Gasteiger partial charge in [0.2, 0.25) is 5.91 Å². The maximum absolute atomic E-state index is 14.3. The summed E-state index contributed by atoms with van der Waals surface area (Å²) in [6, 6.07) is 5.70. The Morgan fingerprint density at radius 3 is 2.82 bits per heavy atom. The highest BCUT2D eigenvalue weighted by molar-refractivity contribution is 5.97. The average Bonchev–Trinajstić information content (AvgIpc) is 3.14. The molecule has 4 heterocycles. The molecule has 0 aliphatic carbocycles.